The number of H-pyrrole nitrogens is 1. The van der Waals surface area contributed by atoms with Gasteiger partial charge >= 0.3 is 0 Å². The molecule has 0 spiro atoms. The molecule has 0 aliphatic carbocycles. The smallest absolute Gasteiger partial charge is 0.270 e. The van der Waals surface area contributed by atoms with Crippen LogP contribution in [0.2, 0.25) is 0 Å². The lowest BCUT2D eigenvalue weighted by Gasteiger charge is -2.18. The highest BCUT2D eigenvalue weighted by Gasteiger charge is 2.25. The predicted octanol–water partition coefficient (Wildman–Crippen LogP) is 4.01. The van der Waals surface area contributed by atoms with Crippen LogP contribution in [-0.4, -0.2) is 49.2 Å². The number of fused-ring (bicyclic) bond motifs is 2. The molecule has 10 heteroatoms. The van der Waals surface area contributed by atoms with Crippen molar-refractivity contribution < 1.29 is 14.7 Å². The molecule has 5 rings (SSSR count). The Morgan fingerprint density at radius 2 is 2.05 bits per heavy atom. The quantitative estimate of drug-likeness (QED) is 0.236. The molecule has 37 heavy (non-hydrogen) atoms. The Labute approximate surface area is 217 Å². The molecule has 4 aromatic heterocycles. The lowest BCUT2D eigenvalue weighted by Crippen LogP contribution is -2.39. The molecule has 0 saturated carbocycles. The largest absolute Gasteiger partial charge is 0.394 e. The molecular formula is C27H28N6O3S. The molecule has 4 heterocycles. The first kappa shape index (κ1) is 24.7. The van der Waals surface area contributed by atoms with Crippen molar-refractivity contribution in [2.75, 3.05) is 6.61 Å². The molecule has 0 unspecified atom stereocenters. The Kier molecular flexibility index (Phi) is 7.02. The molecule has 0 aliphatic rings. The lowest BCUT2D eigenvalue weighted by atomic mass is 10.0. The summed E-state index contributed by atoms with van der Waals surface area (Å²) < 4.78 is 1.65. The summed E-state index contributed by atoms with van der Waals surface area (Å²) in [6, 6.07) is 10.8. The lowest BCUT2D eigenvalue weighted by molar-refractivity contribution is 0.0901. The van der Waals surface area contributed by atoms with Crippen LogP contribution in [0.4, 0.5) is 0 Å². The van der Waals surface area contributed by atoms with Gasteiger partial charge in [0.25, 0.3) is 11.8 Å². The van der Waals surface area contributed by atoms with Gasteiger partial charge in [-0.2, -0.15) is 16.4 Å². The van der Waals surface area contributed by atoms with E-state index in [0.29, 0.717) is 41.5 Å². The fourth-order valence-electron chi connectivity index (χ4n) is 4.44. The topological polar surface area (TPSA) is 124 Å². The summed E-state index contributed by atoms with van der Waals surface area (Å²) in [6.45, 7) is 4.25. The molecule has 1 aromatic carbocycles. The molecule has 9 nitrogen and oxygen atoms in total. The van der Waals surface area contributed by atoms with Gasteiger partial charge in [0, 0.05) is 29.1 Å². The Hall–Kier alpha value is -4.02. The average molecular weight is 517 g/mol. The van der Waals surface area contributed by atoms with Crippen molar-refractivity contribution in [3.05, 3.63) is 76.4 Å². The molecule has 4 N–H and O–H groups in total. The third-order valence-corrected chi connectivity index (χ3v) is 6.86. The third-order valence-electron chi connectivity index (χ3n) is 6.17. The predicted molar refractivity (Wildman–Crippen MR) is 144 cm³/mol. The van der Waals surface area contributed by atoms with E-state index in [1.165, 1.54) is 11.3 Å². The van der Waals surface area contributed by atoms with Crippen molar-refractivity contribution >= 4 is 39.7 Å². The van der Waals surface area contributed by atoms with Crippen molar-refractivity contribution in [1.29, 1.82) is 0 Å². The van der Waals surface area contributed by atoms with Crippen molar-refractivity contribution in [3.63, 3.8) is 0 Å². The van der Waals surface area contributed by atoms with E-state index >= 15 is 0 Å². The molecule has 5 aromatic rings. The molecular weight excluding hydrogens is 488 g/mol. The first-order chi connectivity index (χ1) is 17.9. The first-order valence-corrected chi connectivity index (χ1v) is 13.0. The van der Waals surface area contributed by atoms with Crippen LogP contribution in [0.15, 0.2) is 59.6 Å². The van der Waals surface area contributed by atoms with E-state index in [-0.39, 0.29) is 24.5 Å². The van der Waals surface area contributed by atoms with Crippen LogP contribution in [0, 0.1) is 5.92 Å². The monoisotopic (exact) mass is 516 g/mol. The van der Waals surface area contributed by atoms with E-state index in [9.17, 15) is 14.7 Å². The highest BCUT2D eigenvalue weighted by Crippen LogP contribution is 2.28. The number of hydrogen-bond donors (Lipinski definition) is 4. The number of nitrogens with zero attached hydrogens (tertiary/aromatic N) is 3. The summed E-state index contributed by atoms with van der Waals surface area (Å²) >= 11 is 1.50. The summed E-state index contributed by atoms with van der Waals surface area (Å²) in [4.78, 5) is 31.5. The van der Waals surface area contributed by atoms with Crippen LogP contribution < -0.4 is 10.6 Å². The van der Waals surface area contributed by atoms with E-state index in [1.807, 2.05) is 48.9 Å². The second-order valence-corrected chi connectivity index (χ2v) is 10.2. The highest BCUT2D eigenvalue weighted by atomic mass is 32.1. The number of imidazole rings is 1. The Bertz CT molecular complexity index is 1550. The maximum absolute atomic E-state index is 13.5. The molecule has 1 atom stereocenters. The van der Waals surface area contributed by atoms with Crippen LogP contribution in [0.5, 0.6) is 0 Å². The van der Waals surface area contributed by atoms with Gasteiger partial charge in [-0.25, -0.2) is 4.98 Å². The molecule has 0 radical (unpaired) electrons. The summed E-state index contributed by atoms with van der Waals surface area (Å²) in [5.41, 5.74) is 4.24. The van der Waals surface area contributed by atoms with Crippen LogP contribution in [-0.2, 0) is 6.54 Å². The average Bonchev–Trinajstić information content (AvgIpc) is 3.65. The second kappa shape index (κ2) is 10.5. The minimum absolute atomic E-state index is 0.160. The van der Waals surface area contributed by atoms with Gasteiger partial charge in [0.15, 0.2) is 5.65 Å². The number of pyridine rings is 1. The summed E-state index contributed by atoms with van der Waals surface area (Å²) in [5, 5.41) is 27.5. The molecule has 0 aliphatic heterocycles. The second-order valence-electron chi connectivity index (χ2n) is 9.39. The van der Waals surface area contributed by atoms with Crippen LogP contribution in [0.3, 0.4) is 0 Å². The SMILES string of the molecule is CC(C)C[C@H](CO)NC(=O)c1c(-c2ccsc2)nc2c(C(=O)NCc3ccc4[nH]ncc4c3)cccn12. The van der Waals surface area contributed by atoms with E-state index < -0.39 is 0 Å². The molecule has 2 amide bonds. The number of nitrogens with one attached hydrogen (secondary N) is 3. The number of carbonyl (C=O) groups is 2. The van der Waals surface area contributed by atoms with Gasteiger partial charge in [-0.3, -0.25) is 19.1 Å². The van der Waals surface area contributed by atoms with Crippen molar-refractivity contribution in [1.82, 2.24) is 30.2 Å². The number of rotatable bonds is 9. The van der Waals surface area contributed by atoms with Gasteiger partial charge in [-0.15, -0.1) is 0 Å². The normalized spacial score (nSPS) is 12.3. The first-order valence-electron chi connectivity index (χ1n) is 12.1. The molecule has 0 saturated heterocycles. The Balaban J connectivity index is 1.47. The van der Waals surface area contributed by atoms with Crippen molar-refractivity contribution in [3.8, 4) is 11.3 Å². The minimum Gasteiger partial charge on any atom is -0.394 e. The number of aliphatic hydroxyl groups is 1. The van der Waals surface area contributed by atoms with Gasteiger partial charge < -0.3 is 15.7 Å². The van der Waals surface area contributed by atoms with Gasteiger partial charge in [0.1, 0.15) is 11.4 Å². The fraction of sp³-hybridized carbons (Fsp3) is 0.259. The number of benzene rings is 1. The van der Waals surface area contributed by atoms with Crippen LogP contribution >= 0.6 is 11.3 Å². The minimum atomic E-state index is -0.382. The summed E-state index contributed by atoms with van der Waals surface area (Å²) in [5.74, 6) is -0.334. The zero-order valence-corrected chi connectivity index (χ0v) is 21.4. The van der Waals surface area contributed by atoms with Gasteiger partial charge in [-0.05, 0) is 53.6 Å². The number of amides is 2. The highest BCUT2D eigenvalue weighted by molar-refractivity contribution is 7.08. The number of hydrogen-bond acceptors (Lipinski definition) is 6. The van der Waals surface area contributed by atoms with Crippen molar-refractivity contribution in [2.24, 2.45) is 5.92 Å². The Morgan fingerprint density at radius 1 is 1.19 bits per heavy atom. The van der Waals surface area contributed by atoms with Gasteiger partial charge in [-0.1, -0.05) is 19.9 Å². The summed E-state index contributed by atoms with van der Waals surface area (Å²) in [7, 11) is 0. The fourth-order valence-corrected chi connectivity index (χ4v) is 5.08. The zero-order chi connectivity index (χ0) is 25.9. The zero-order valence-electron chi connectivity index (χ0n) is 20.6. The van der Waals surface area contributed by atoms with E-state index in [4.69, 9.17) is 4.98 Å². The molecule has 190 valence electrons. The van der Waals surface area contributed by atoms with Crippen molar-refractivity contribution in [2.45, 2.75) is 32.9 Å². The van der Waals surface area contributed by atoms with Gasteiger partial charge in [0.2, 0.25) is 0 Å². The number of carbonyl (C=O) groups excluding carboxylic acids is 2. The summed E-state index contributed by atoms with van der Waals surface area (Å²) in [6.07, 6.45) is 4.12. The molecule has 0 bridgehead atoms. The third kappa shape index (κ3) is 5.11. The number of aliphatic hydroxyl groups excluding tert-OH is 1. The van der Waals surface area contributed by atoms with Gasteiger partial charge in [0.05, 0.1) is 29.9 Å². The number of aromatic amines is 1. The van der Waals surface area contributed by atoms with Crippen LogP contribution in [0.1, 0.15) is 46.7 Å². The number of aromatic nitrogens is 4. The maximum atomic E-state index is 13.5. The Morgan fingerprint density at radius 3 is 2.81 bits per heavy atom. The van der Waals surface area contributed by atoms with E-state index in [0.717, 1.165) is 22.0 Å². The maximum Gasteiger partial charge on any atom is 0.270 e. The standard InChI is InChI=1S/C27H28N6O3S/c1-16(2)10-20(14-34)30-27(36)24-23(18-7-9-37-15-18)31-25-21(4-3-8-33(24)25)26(35)28-12-17-5-6-22-19(11-17)13-29-32-22/h3-9,11,13,15-16,20,34H,10,12,14H2,1-2H3,(H,28,35)(H,29,32)(H,30,36)/t20-/m1/s1. The number of thiophene rings is 1. The van der Waals surface area contributed by atoms with E-state index in [2.05, 4.69) is 20.8 Å². The molecule has 0 fully saturated rings. The van der Waals surface area contributed by atoms with Crippen LogP contribution in [0.25, 0.3) is 27.8 Å². The van der Waals surface area contributed by atoms with E-state index in [1.54, 1.807) is 28.9 Å².